The molecule has 1 heteroatoms. The predicted molar refractivity (Wildman–Crippen MR) is 213 cm³/mol. The summed E-state index contributed by atoms with van der Waals surface area (Å²) in [4.78, 5) is 2.41. The third kappa shape index (κ3) is 5.18. The lowest BCUT2D eigenvalue weighted by molar-refractivity contribution is 0.666. The first kappa shape index (κ1) is 30.2. The van der Waals surface area contributed by atoms with Crippen LogP contribution >= 0.6 is 0 Å². The van der Waals surface area contributed by atoms with Gasteiger partial charge in [-0.05, 0) is 122 Å². The lowest BCUT2D eigenvalue weighted by Crippen LogP contribution is -2.16. The van der Waals surface area contributed by atoms with Crippen molar-refractivity contribution >= 4 is 33.4 Å². The van der Waals surface area contributed by atoms with Crippen LogP contribution in [0.25, 0.3) is 49.7 Å². The second kappa shape index (κ2) is 12.2. The Kier molecular flexibility index (Phi) is 7.36. The predicted octanol–water partition coefficient (Wildman–Crippen LogP) is 13.7. The van der Waals surface area contributed by atoms with Crippen LogP contribution in [0, 0.1) is 0 Å². The van der Waals surface area contributed by atoms with E-state index in [0.29, 0.717) is 0 Å². The highest BCUT2D eigenvalue weighted by Gasteiger charge is 2.37. The van der Waals surface area contributed by atoms with Crippen LogP contribution in [0.2, 0.25) is 0 Å². The molecule has 0 atom stereocenters. The van der Waals surface area contributed by atoms with Gasteiger partial charge < -0.3 is 4.90 Å². The van der Waals surface area contributed by atoms with Gasteiger partial charge in [-0.1, -0.05) is 147 Å². The zero-order valence-electron chi connectivity index (χ0n) is 28.6. The van der Waals surface area contributed by atoms with E-state index < -0.39 is 0 Å². The van der Waals surface area contributed by atoms with Crippen LogP contribution in [-0.2, 0) is 5.41 Å². The summed E-state index contributed by atoms with van der Waals surface area (Å²) in [5.41, 5.74) is 16.3. The van der Waals surface area contributed by atoms with E-state index in [1.807, 2.05) is 0 Å². The molecule has 0 aromatic heterocycles. The van der Waals surface area contributed by atoms with Crippen LogP contribution in [-0.4, -0.2) is 0 Å². The normalized spacial score (nSPS) is 14.2. The number of rotatable bonds is 6. The van der Waals surface area contributed by atoms with Gasteiger partial charge in [0.1, 0.15) is 0 Å². The minimum Gasteiger partial charge on any atom is -0.310 e. The monoisotopic (exact) mass is 641 g/mol. The molecule has 50 heavy (non-hydrogen) atoms. The van der Waals surface area contributed by atoms with E-state index in [-0.39, 0.29) is 5.41 Å². The minimum absolute atomic E-state index is 0.136. The van der Waals surface area contributed by atoms with Crippen LogP contribution in [0.15, 0.2) is 176 Å². The van der Waals surface area contributed by atoms with Gasteiger partial charge in [-0.15, -0.1) is 0 Å². The molecule has 0 saturated heterocycles. The molecule has 7 aromatic rings. The highest BCUT2D eigenvalue weighted by molar-refractivity contribution is 6.00. The average molecular weight is 642 g/mol. The summed E-state index contributed by atoms with van der Waals surface area (Å²) in [5, 5.41) is 2.57. The summed E-state index contributed by atoms with van der Waals surface area (Å²) in [7, 11) is 0. The Morgan fingerprint density at radius 1 is 0.480 bits per heavy atom. The van der Waals surface area contributed by atoms with Gasteiger partial charge in [0.15, 0.2) is 0 Å². The number of hydrogen-bond acceptors (Lipinski definition) is 1. The van der Waals surface area contributed by atoms with Crippen LogP contribution in [0.4, 0.5) is 17.1 Å². The quantitative estimate of drug-likeness (QED) is 0.175. The zero-order valence-corrected chi connectivity index (χ0v) is 28.6. The second-order valence-electron chi connectivity index (χ2n) is 14.1. The molecule has 0 radical (unpaired) electrons. The Morgan fingerprint density at radius 3 is 1.72 bits per heavy atom. The summed E-state index contributed by atoms with van der Waals surface area (Å²) >= 11 is 0. The van der Waals surface area contributed by atoms with E-state index in [2.05, 4.69) is 195 Å². The molecule has 1 nitrogen and oxygen atoms in total. The highest BCUT2D eigenvalue weighted by atomic mass is 15.1. The molecule has 2 aliphatic rings. The fraction of sp³-hybridized carbons (Fsp3) is 0.102. The Bertz CT molecular complexity index is 2410. The van der Waals surface area contributed by atoms with Crippen molar-refractivity contribution in [3.05, 3.63) is 193 Å². The maximum Gasteiger partial charge on any atom is 0.0468 e. The highest BCUT2D eigenvalue weighted by Crippen LogP contribution is 2.53. The van der Waals surface area contributed by atoms with Crippen molar-refractivity contribution < 1.29 is 0 Å². The van der Waals surface area contributed by atoms with Crippen molar-refractivity contribution in [2.75, 3.05) is 4.90 Å². The fourth-order valence-electron chi connectivity index (χ4n) is 8.11. The first-order chi connectivity index (χ1) is 24.5. The molecule has 0 N–H and O–H groups in total. The summed E-state index contributed by atoms with van der Waals surface area (Å²) < 4.78 is 0. The van der Waals surface area contributed by atoms with Crippen molar-refractivity contribution in [3.63, 3.8) is 0 Å². The van der Waals surface area contributed by atoms with E-state index >= 15 is 0 Å². The van der Waals surface area contributed by atoms with Crippen LogP contribution in [0.3, 0.4) is 0 Å². The molecule has 240 valence electrons. The number of hydrogen-bond donors (Lipinski definition) is 0. The molecule has 0 fully saturated rings. The van der Waals surface area contributed by atoms with Crippen molar-refractivity contribution in [2.24, 2.45) is 0 Å². The molecular formula is C49H39N. The summed E-state index contributed by atoms with van der Waals surface area (Å²) in [5.74, 6) is 0. The van der Waals surface area contributed by atoms with Gasteiger partial charge in [0, 0.05) is 22.5 Å². The molecular weight excluding hydrogens is 603 g/mol. The molecule has 9 rings (SSSR count). The number of nitrogens with zero attached hydrogens (tertiary/aromatic N) is 1. The number of fused-ring (bicyclic) bond motifs is 5. The standard InChI is InChI=1S/C49H39N/c1-49(2)47-31-24-40(36-16-10-5-11-17-36)32-46(47)44-30-23-39-22-29-43(33-45(39)48(44)49)50(41-25-18-37(19-26-41)34-12-6-3-7-13-34)42-27-20-38(21-28-42)35-14-8-4-9-15-35/h3,5-8,10-33H,4,9H2,1-2H3. The van der Waals surface area contributed by atoms with Gasteiger partial charge in [0.25, 0.3) is 0 Å². The topological polar surface area (TPSA) is 3.24 Å². The number of benzene rings is 7. The summed E-state index contributed by atoms with van der Waals surface area (Å²) in [6.45, 7) is 4.78. The summed E-state index contributed by atoms with van der Waals surface area (Å²) in [6, 6.07) is 58.1. The fourth-order valence-corrected chi connectivity index (χ4v) is 8.11. The van der Waals surface area contributed by atoms with Gasteiger partial charge in [-0.25, -0.2) is 0 Å². The number of allylic oxidation sites excluding steroid dienone is 4. The van der Waals surface area contributed by atoms with Gasteiger partial charge in [-0.2, -0.15) is 0 Å². The molecule has 0 aliphatic heterocycles. The molecule has 0 bridgehead atoms. The number of anilines is 3. The Hall–Kier alpha value is -5.92. The molecule has 0 spiro atoms. The zero-order chi connectivity index (χ0) is 33.7. The van der Waals surface area contributed by atoms with Crippen molar-refractivity contribution in [3.8, 4) is 33.4 Å². The van der Waals surface area contributed by atoms with E-state index in [9.17, 15) is 0 Å². The van der Waals surface area contributed by atoms with Crippen molar-refractivity contribution in [1.29, 1.82) is 0 Å². The third-order valence-corrected chi connectivity index (χ3v) is 10.7. The second-order valence-corrected chi connectivity index (χ2v) is 14.1. The average Bonchev–Trinajstić information content (AvgIpc) is 3.42. The van der Waals surface area contributed by atoms with E-state index in [0.717, 1.165) is 29.9 Å². The Balaban J connectivity index is 1.18. The van der Waals surface area contributed by atoms with Crippen molar-refractivity contribution in [2.45, 2.75) is 32.1 Å². The Labute approximate surface area is 295 Å². The first-order valence-electron chi connectivity index (χ1n) is 17.7. The van der Waals surface area contributed by atoms with Crippen LogP contribution in [0.5, 0.6) is 0 Å². The molecule has 0 heterocycles. The molecule has 0 amide bonds. The van der Waals surface area contributed by atoms with Gasteiger partial charge in [0.2, 0.25) is 0 Å². The first-order valence-corrected chi connectivity index (χ1v) is 17.7. The maximum atomic E-state index is 2.42. The molecule has 0 unspecified atom stereocenters. The van der Waals surface area contributed by atoms with E-state index in [1.165, 1.54) is 66.4 Å². The van der Waals surface area contributed by atoms with E-state index in [4.69, 9.17) is 0 Å². The van der Waals surface area contributed by atoms with Crippen molar-refractivity contribution in [1.82, 2.24) is 0 Å². The van der Waals surface area contributed by atoms with Crippen LogP contribution in [0.1, 0.15) is 43.4 Å². The lowest BCUT2D eigenvalue weighted by Gasteiger charge is -2.28. The summed E-state index contributed by atoms with van der Waals surface area (Å²) in [6.07, 6.45) is 9.10. The molecule has 7 aromatic carbocycles. The molecule has 2 aliphatic carbocycles. The van der Waals surface area contributed by atoms with Gasteiger partial charge >= 0.3 is 0 Å². The SMILES string of the molecule is CC1(C)c2ccc(-c3ccccc3)cc2-c2ccc3ccc(N(c4ccc(C5=CCCC=C5)cc4)c4ccc(-c5ccccc5)cc4)cc3c21. The Morgan fingerprint density at radius 2 is 1.06 bits per heavy atom. The van der Waals surface area contributed by atoms with Crippen LogP contribution < -0.4 is 4.90 Å². The molecule has 0 saturated carbocycles. The largest absolute Gasteiger partial charge is 0.310 e. The maximum absolute atomic E-state index is 2.42. The minimum atomic E-state index is -0.136. The smallest absolute Gasteiger partial charge is 0.0468 e. The van der Waals surface area contributed by atoms with E-state index in [1.54, 1.807) is 0 Å². The third-order valence-electron chi connectivity index (χ3n) is 10.7. The van der Waals surface area contributed by atoms with Gasteiger partial charge in [-0.3, -0.25) is 0 Å². The lowest BCUT2D eigenvalue weighted by atomic mass is 9.80. The van der Waals surface area contributed by atoms with Gasteiger partial charge in [0.05, 0.1) is 0 Å².